The largest absolute Gasteiger partial charge is 0.338 e. The van der Waals surface area contributed by atoms with Crippen molar-refractivity contribution in [2.45, 2.75) is 25.8 Å². The van der Waals surface area contributed by atoms with E-state index in [-0.39, 0.29) is 42.3 Å². The zero-order chi connectivity index (χ0) is 17.7. The zero-order valence-electron chi connectivity index (χ0n) is 13.4. The predicted octanol–water partition coefficient (Wildman–Crippen LogP) is 0.922. The molecule has 0 bridgehead atoms. The monoisotopic (exact) mass is 349 g/mol. The first-order chi connectivity index (χ1) is 11.3. The molecular formula is C16H19N3O4S. The number of sulfone groups is 1. The molecule has 24 heavy (non-hydrogen) atoms. The van der Waals surface area contributed by atoms with Gasteiger partial charge in [-0.05, 0) is 18.6 Å². The van der Waals surface area contributed by atoms with Crippen LogP contribution in [-0.4, -0.2) is 49.2 Å². The number of amides is 2. The van der Waals surface area contributed by atoms with Gasteiger partial charge in [-0.15, -0.1) is 0 Å². The van der Waals surface area contributed by atoms with Crippen molar-refractivity contribution in [3.63, 3.8) is 0 Å². The van der Waals surface area contributed by atoms with Crippen LogP contribution >= 0.6 is 0 Å². The number of hydrogen-bond donors (Lipinski definition) is 1. The van der Waals surface area contributed by atoms with Gasteiger partial charge in [0.15, 0.2) is 9.84 Å². The molecule has 0 aromatic heterocycles. The summed E-state index contributed by atoms with van der Waals surface area (Å²) in [6, 6.07) is 8.26. The topological polar surface area (TPSA) is 107 Å². The lowest BCUT2D eigenvalue weighted by Gasteiger charge is -2.26. The maximum atomic E-state index is 12.1. The molecule has 0 aliphatic carbocycles. The average Bonchev–Trinajstić information content (AvgIpc) is 2.87. The maximum absolute atomic E-state index is 12.1. The Kier molecular flexibility index (Phi) is 5.57. The normalized spacial score (nSPS) is 18.6. The molecular weight excluding hydrogens is 330 g/mol. The summed E-state index contributed by atoms with van der Waals surface area (Å²) in [6.07, 6.45) is 0.441. The Morgan fingerprint density at radius 2 is 2.08 bits per heavy atom. The van der Waals surface area contributed by atoms with Crippen LogP contribution in [0, 0.1) is 11.3 Å². The van der Waals surface area contributed by atoms with Crippen molar-refractivity contribution in [2.24, 2.45) is 0 Å². The summed E-state index contributed by atoms with van der Waals surface area (Å²) in [5.41, 5.74) is 0.777. The lowest BCUT2D eigenvalue weighted by molar-refractivity contribution is -0.131. The number of anilines is 1. The number of nitriles is 1. The minimum Gasteiger partial charge on any atom is -0.338 e. The third-order valence-corrected chi connectivity index (χ3v) is 5.71. The molecule has 1 heterocycles. The number of rotatable bonds is 5. The van der Waals surface area contributed by atoms with Crippen molar-refractivity contribution in [1.29, 1.82) is 5.26 Å². The molecule has 0 saturated carbocycles. The molecule has 1 aliphatic rings. The van der Waals surface area contributed by atoms with Gasteiger partial charge in [0.05, 0.1) is 22.8 Å². The third-order valence-electron chi connectivity index (χ3n) is 3.96. The van der Waals surface area contributed by atoms with Crippen LogP contribution in [0.5, 0.6) is 0 Å². The van der Waals surface area contributed by atoms with Crippen molar-refractivity contribution in [3.05, 3.63) is 29.8 Å². The van der Waals surface area contributed by atoms with E-state index < -0.39 is 9.84 Å². The van der Waals surface area contributed by atoms with E-state index in [9.17, 15) is 18.0 Å². The molecule has 1 atom stereocenters. The van der Waals surface area contributed by atoms with Crippen LogP contribution in [0.3, 0.4) is 0 Å². The zero-order valence-corrected chi connectivity index (χ0v) is 14.2. The molecule has 1 aromatic carbocycles. The Bertz CT molecular complexity index is 783. The van der Waals surface area contributed by atoms with Gasteiger partial charge in [0.1, 0.15) is 6.07 Å². The Morgan fingerprint density at radius 1 is 1.38 bits per heavy atom. The van der Waals surface area contributed by atoms with Crippen LogP contribution in [0.15, 0.2) is 24.3 Å². The highest BCUT2D eigenvalue weighted by Crippen LogP contribution is 2.19. The Labute approximate surface area is 141 Å². The lowest BCUT2D eigenvalue weighted by Crippen LogP contribution is -2.41. The summed E-state index contributed by atoms with van der Waals surface area (Å²) in [5.74, 6) is -0.554. The van der Waals surface area contributed by atoms with E-state index in [2.05, 4.69) is 5.32 Å². The Hall–Kier alpha value is -2.40. The molecule has 7 nitrogen and oxygen atoms in total. The second kappa shape index (κ2) is 7.45. The molecule has 1 unspecified atom stereocenters. The van der Waals surface area contributed by atoms with Gasteiger partial charge in [0.2, 0.25) is 11.8 Å². The van der Waals surface area contributed by atoms with Gasteiger partial charge in [-0.25, -0.2) is 8.42 Å². The molecule has 1 N–H and O–H groups in total. The van der Waals surface area contributed by atoms with E-state index in [0.29, 0.717) is 17.7 Å². The number of hydrogen-bond acceptors (Lipinski definition) is 5. The molecule has 0 spiro atoms. The van der Waals surface area contributed by atoms with Crippen molar-refractivity contribution in [2.75, 3.05) is 23.4 Å². The molecule has 1 aromatic rings. The highest BCUT2D eigenvalue weighted by atomic mass is 32.2. The number of carbonyl (C=O) groups excluding carboxylic acids is 2. The smallest absolute Gasteiger partial charge is 0.226 e. The SMILES string of the molecule is CC(=O)N(CCC(=O)Nc1ccccc1C#N)C1CCS(=O)(=O)C1. The van der Waals surface area contributed by atoms with E-state index in [1.54, 1.807) is 24.3 Å². The molecule has 1 fully saturated rings. The predicted molar refractivity (Wildman–Crippen MR) is 88.8 cm³/mol. The second-order valence-corrected chi connectivity index (χ2v) is 7.95. The molecule has 2 amide bonds. The van der Waals surface area contributed by atoms with Crippen molar-refractivity contribution >= 4 is 27.3 Å². The fraction of sp³-hybridized carbons (Fsp3) is 0.438. The molecule has 1 saturated heterocycles. The lowest BCUT2D eigenvalue weighted by atomic mass is 10.2. The molecule has 2 rings (SSSR count). The number of nitrogens with zero attached hydrogens (tertiary/aromatic N) is 2. The summed E-state index contributed by atoms with van der Waals surface area (Å²) >= 11 is 0. The van der Waals surface area contributed by atoms with E-state index in [1.807, 2.05) is 6.07 Å². The van der Waals surface area contributed by atoms with Gasteiger partial charge in [-0.3, -0.25) is 9.59 Å². The standard InChI is InChI=1S/C16H19N3O4S/c1-12(20)19(14-7-9-24(22,23)11-14)8-6-16(21)18-15-5-3-2-4-13(15)10-17/h2-5,14H,6-9,11H2,1H3,(H,18,21). The van der Waals surface area contributed by atoms with Crippen LogP contribution in [0.1, 0.15) is 25.3 Å². The highest BCUT2D eigenvalue weighted by molar-refractivity contribution is 7.91. The first-order valence-corrected chi connectivity index (χ1v) is 9.41. The number of benzene rings is 1. The summed E-state index contributed by atoms with van der Waals surface area (Å²) in [5, 5.41) is 11.6. The highest BCUT2D eigenvalue weighted by Gasteiger charge is 2.33. The molecule has 0 radical (unpaired) electrons. The summed E-state index contributed by atoms with van der Waals surface area (Å²) in [6.45, 7) is 1.52. The third kappa shape index (κ3) is 4.55. The summed E-state index contributed by atoms with van der Waals surface area (Å²) < 4.78 is 23.1. The van der Waals surface area contributed by atoms with Crippen molar-refractivity contribution in [3.8, 4) is 6.07 Å². The summed E-state index contributed by atoms with van der Waals surface area (Å²) in [7, 11) is -3.10. The minimum absolute atomic E-state index is 0.0376. The Balaban J connectivity index is 1.96. The molecule has 8 heteroatoms. The second-order valence-electron chi connectivity index (χ2n) is 5.72. The van der Waals surface area contributed by atoms with Gasteiger partial charge < -0.3 is 10.2 Å². The first kappa shape index (κ1) is 17.9. The maximum Gasteiger partial charge on any atom is 0.226 e. The van der Waals surface area contributed by atoms with Crippen molar-refractivity contribution in [1.82, 2.24) is 4.90 Å². The van der Waals surface area contributed by atoms with Gasteiger partial charge >= 0.3 is 0 Å². The fourth-order valence-corrected chi connectivity index (χ4v) is 4.47. The fourth-order valence-electron chi connectivity index (χ4n) is 2.74. The van der Waals surface area contributed by atoms with Crippen LogP contribution in [0.25, 0.3) is 0 Å². The quantitative estimate of drug-likeness (QED) is 0.850. The van der Waals surface area contributed by atoms with Gasteiger partial charge in [0.25, 0.3) is 0 Å². The van der Waals surface area contributed by atoms with E-state index in [1.165, 1.54) is 11.8 Å². The number of para-hydroxylation sites is 1. The molecule has 1 aliphatic heterocycles. The van der Waals surface area contributed by atoms with E-state index >= 15 is 0 Å². The van der Waals surface area contributed by atoms with E-state index in [0.717, 1.165) is 0 Å². The van der Waals surface area contributed by atoms with Crippen LogP contribution in [0.4, 0.5) is 5.69 Å². The average molecular weight is 349 g/mol. The first-order valence-electron chi connectivity index (χ1n) is 7.59. The van der Waals surface area contributed by atoms with Crippen LogP contribution in [-0.2, 0) is 19.4 Å². The van der Waals surface area contributed by atoms with E-state index in [4.69, 9.17) is 5.26 Å². The van der Waals surface area contributed by atoms with Gasteiger partial charge in [-0.1, -0.05) is 12.1 Å². The molecule has 128 valence electrons. The Morgan fingerprint density at radius 3 is 2.67 bits per heavy atom. The van der Waals surface area contributed by atoms with Gasteiger partial charge in [0, 0.05) is 25.9 Å². The van der Waals surface area contributed by atoms with Crippen molar-refractivity contribution < 1.29 is 18.0 Å². The summed E-state index contributed by atoms with van der Waals surface area (Å²) in [4.78, 5) is 25.3. The van der Waals surface area contributed by atoms with Crippen LogP contribution in [0.2, 0.25) is 0 Å². The minimum atomic E-state index is -3.10. The number of nitrogens with one attached hydrogen (secondary N) is 1. The van der Waals surface area contributed by atoms with Crippen LogP contribution < -0.4 is 5.32 Å². The van der Waals surface area contributed by atoms with Gasteiger partial charge in [-0.2, -0.15) is 5.26 Å². The number of carbonyl (C=O) groups is 2.